The number of phenolic OH excluding ortho intramolecular Hbond substituents is 1. The maximum Gasteiger partial charge on any atom is 0.292 e. The van der Waals surface area contributed by atoms with E-state index in [1.165, 1.54) is 6.07 Å². The molecule has 0 saturated heterocycles. The van der Waals surface area contributed by atoms with E-state index < -0.39 is 0 Å². The van der Waals surface area contributed by atoms with E-state index in [-0.39, 0.29) is 22.5 Å². The van der Waals surface area contributed by atoms with E-state index in [4.69, 9.17) is 33.7 Å². The van der Waals surface area contributed by atoms with Gasteiger partial charge in [0.2, 0.25) is 0 Å². The molecule has 0 unspecified atom stereocenters. The van der Waals surface area contributed by atoms with Gasteiger partial charge in [-0.3, -0.25) is 0 Å². The summed E-state index contributed by atoms with van der Waals surface area (Å²) >= 11 is 11.9. The average molecular weight is 311 g/mol. The second-order valence-corrected chi connectivity index (χ2v) is 4.82. The SMILES string of the molecule is Cc1c(Cl)cc(N=C(N)Oc2ccccc2)c(O)c1Cl. The Balaban J connectivity index is 2.31. The molecule has 0 aliphatic carbocycles. The number of rotatable bonds is 2. The normalized spacial score (nSPS) is 11.4. The van der Waals surface area contributed by atoms with Crippen LogP contribution in [0.4, 0.5) is 5.69 Å². The minimum absolute atomic E-state index is 0.123. The summed E-state index contributed by atoms with van der Waals surface area (Å²) < 4.78 is 5.31. The summed E-state index contributed by atoms with van der Waals surface area (Å²) in [5.41, 5.74) is 6.40. The molecule has 4 nitrogen and oxygen atoms in total. The van der Waals surface area contributed by atoms with Crippen LogP contribution in [0.25, 0.3) is 0 Å². The highest BCUT2D eigenvalue weighted by Crippen LogP contribution is 2.40. The molecule has 0 aliphatic rings. The molecule has 0 bridgehead atoms. The quantitative estimate of drug-likeness (QED) is 0.650. The Kier molecular flexibility index (Phi) is 4.37. The minimum Gasteiger partial charge on any atom is -0.504 e. The number of benzene rings is 2. The third-order valence-corrected chi connectivity index (χ3v) is 3.45. The van der Waals surface area contributed by atoms with E-state index in [9.17, 15) is 5.11 Å². The van der Waals surface area contributed by atoms with Crippen LogP contribution in [0.5, 0.6) is 11.5 Å². The van der Waals surface area contributed by atoms with Crippen molar-refractivity contribution in [2.24, 2.45) is 10.7 Å². The Morgan fingerprint density at radius 2 is 1.90 bits per heavy atom. The molecule has 0 amide bonds. The van der Waals surface area contributed by atoms with Crippen LogP contribution < -0.4 is 10.5 Å². The van der Waals surface area contributed by atoms with Gasteiger partial charge in [-0.1, -0.05) is 41.4 Å². The van der Waals surface area contributed by atoms with E-state index >= 15 is 0 Å². The van der Waals surface area contributed by atoms with Crippen LogP contribution in [0, 0.1) is 6.92 Å². The smallest absolute Gasteiger partial charge is 0.292 e. The molecule has 2 aromatic rings. The third kappa shape index (κ3) is 3.15. The predicted octanol–water partition coefficient (Wildman–Crippen LogP) is 4.03. The first-order valence-electron chi connectivity index (χ1n) is 5.73. The van der Waals surface area contributed by atoms with Gasteiger partial charge in [-0.2, -0.15) is 4.99 Å². The topological polar surface area (TPSA) is 67.8 Å². The summed E-state index contributed by atoms with van der Waals surface area (Å²) in [6.45, 7) is 1.70. The zero-order chi connectivity index (χ0) is 14.7. The van der Waals surface area contributed by atoms with E-state index in [0.29, 0.717) is 16.3 Å². The third-order valence-electron chi connectivity index (χ3n) is 2.60. The molecule has 0 aromatic heterocycles. The number of hydrogen-bond donors (Lipinski definition) is 2. The summed E-state index contributed by atoms with van der Waals surface area (Å²) in [6.07, 6.45) is 0. The number of para-hydroxylation sites is 1. The van der Waals surface area contributed by atoms with Crippen LogP contribution in [-0.4, -0.2) is 11.1 Å². The van der Waals surface area contributed by atoms with Gasteiger partial charge in [-0.25, -0.2) is 0 Å². The number of nitrogens with zero attached hydrogens (tertiary/aromatic N) is 1. The van der Waals surface area contributed by atoms with E-state index in [1.54, 1.807) is 31.2 Å². The van der Waals surface area contributed by atoms with Crippen LogP contribution in [0.15, 0.2) is 41.4 Å². The van der Waals surface area contributed by atoms with Gasteiger partial charge in [-0.15, -0.1) is 0 Å². The van der Waals surface area contributed by atoms with Gasteiger partial charge in [-0.05, 0) is 30.7 Å². The van der Waals surface area contributed by atoms with Crippen molar-refractivity contribution in [2.75, 3.05) is 0 Å². The lowest BCUT2D eigenvalue weighted by Crippen LogP contribution is -2.19. The van der Waals surface area contributed by atoms with Crippen molar-refractivity contribution >= 4 is 34.9 Å². The second kappa shape index (κ2) is 6.03. The van der Waals surface area contributed by atoms with Crippen LogP contribution in [0.3, 0.4) is 0 Å². The minimum atomic E-state index is -0.187. The molecular weight excluding hydrogens is 299 g/mol. The zero-order valence-corrected chi connectivity index (χ0v) is 12.1. The van der Waals surface area contributed by atoms with E-state index in [0.717, 1.165) is 0 Å². The average Bonchev–Trinajstić information content (AvgIpc) is 2.43. The molecule has 0 radical (unpaired) electrons. The molecule has 0 spiro atoms. The molecule has 6 heteroatoms. The molecule has 2 aromatic carbocycles. The van der Waals surface area contributed by atoms with Crippen molar-refractivity contribution in [3.05, 3.63) is 52.0 Å². The van der Waals surface area contributed by atoms with Gasteiger partial charge >= 0.3 is 0 Å². The standard InChI is InChI=1S/C14H12Cl2N2O2/c1-8-10(15)7-11(13(19)12(8)16)18-14(17)20-9-5-3-2-4-6-9/h2-7,19H,1H3,(H2,17,18). The Hall–Kier alpha value is -1.91. The summed E-state index contributed by atoms with van der Waals surface area (Å²) in [5, 5.41) is 10.4. The lowest BCUT2D eigenvalue weighted by molar-refractivity contribution is 0.475. The fraction of sp³-hybridized carbons (Fsp3) is 0.0714. The van der Waals surface area contributed by atoms with E-state index in [1.807, 2.05) is 6.07 Å². The number of halogens is 2. The van der Waals surface area contributed by atoms with Crippen LogP contribution in [0.2, 0.25) is 10.0 Å². The van der Waals surface area contributed by atoms with Crippen molar-refractivity contribution in [3.8, 4) is 11.5 Å². The number of amidine groups is 1. The summed E-state index contributed by atoms with van der Waals surface area (Å²) in [7, 11) is 0. The van der Waals surface area contributed by atoms with Crippen molar-refractivity contribution in [3.63, 3.8) is 0 Å². The predicted molar refractivity (Wildman–Crippen MR) is 81.2 cm³/mol. The molecule has 0 saturated carbocycles. The number of hydrogen-bond acceptors (Lipinski definition) is 3. The molecule has 20 heavy (non-hydrogen) atoms. The highest BCUT2D eigenvalue weighted by molar-refractivity contribution is 6.37. The van der Waals surface area contributed by atoms with Crippen molar-refractivity contribution in [1.29, 1.82) is 0 Å². The lowest BCUT2D eigenvalue weighted by atomic mass is 10.2. The van der Waals surface area contributed by atoms with Gasteiger partial charge in [0.15, 0.2) is 5.75 Å². The maximum atomic E-state index is 9.91. The molecule has 0 heterocycles. The number of nitrogens with two attached hydrogens (primary N) is 1. The largest absolute Gasteiger partial charge is 0.504 e. The number of aromatic hydroxyl groups is 1. The van der Waals surface area contributed by atoms with Crippen LogP contribution in [-0.2, 0) is 0 Å². The number of phenols is 1. The molecule has 2 rings (SSSR count). The van der Waals surface area contributed by atoms with Gasteiger partial charge in [0.05, 0.1) is 5.02 Å². The Morgan fingerprint density at radius 1 is 1.25 bits per heavy atom. The lowest BCUT2D eigenvalue weighted by Gasteiger charge is -2.08. The highest BCUT2D eigenvalue weighted by atomic mass is 35.5. The Morgan fingerprint density at radius 3 is 2.55 bits per heavy atom. The summed E-state index contributed by atoms with van der Waals surface area (Å²) in [5.74, 6) is 0.353. The number of ether oxygens (including phenoxy) is 1. The fourth-order valence-electron chi connectivity index (χ4n) is 1.53. The zero-order valence-electron chi connectivity index (χ0n) is 10.6. The van der Waals surface area contributed by atoms with Crippen molar-refractivity contribution < 1.29 is 9.84 Å². The number of aliphatic imine (C=N–C) groups is 1. The monoisotopic (exact) mass is 310 g/mol. The summed E-state index contributed by atoms with van der Waals surface area (Å²) in [6, 6.07) is 10.3. The maximum absolute atomic E-state index is 9.91. The molecule has 0 atom stereocenters. The molecule has 3 N–H and O–H groups in total. The van der Waals surface area contributed by atoms with Crippen LogP contribution >= 0.6 is 23.2 Å². The molecule has 0 fully saturated rings. The van der Waals surface area contributed by atoms with E-state index in [2.05, 4.69) is 4.99 Å². The first kappa shape index (κ1) is 14.5. The fourth-order valence-corrected chi connectivity index (χ4v) is 1.97. The first-order valence-corrected chi connectivity index (χ1v) is 6.49. The molecule has 104 valence electrons. The Labute approximate surface area is 126 Å². The molecule has 0 aliphatic heterocycles. The highest BCUT2D eigenvalue weighted by Gasteiger charge is 2.12. The van der Waals surface area contributed by atoms with Gasteiger partial charge < -0.3 is 15.6 Å². The van der Waals surface area contributed by atoms with Gasteiger partial charge in [0.25, 0.3) is 6.02 Å². The van der Waals surface area contributed by atoms with Crippen molar-refractivity contribution in [2.45, 2.75) is 6.92 Å². The molecular formula is C14H12Cl2N2O2. The second-order valence-electron chi connectivity index (χ2n) is 4.03. The summed E-state index contributed by atoms with van der Waals surface area (Å²) in [4.78, 5) is 3.97. The Bertz CT molecular complexity index is 658. The van der Waals surface area contributed by atoms with Gasteiger partial charge in [0, 0.05) is 5.02 Å². The van der Waals surface area contributed by atoms with Crippen molar-refractivity contribution in [1.82, 2.24) is 0 Å². The first-order chi connectivity index (χ1) is 9.49. The van der Waals surface area contributed by atoms with Crippen LogP contribution in [0.1, 0.15) is 5.56 Å². The van der Waals surface area contributed by atoms with Gasteiger partial charge in [0.1, 0.15) is 11.4 Å².